The average Bonchev–Trinajstić information content (AvgIpc) is 2.72. The van der Waals surface area contributed by atoms with Gasteiger partial charge in [0.2, 0.25) is 5.91 Å². The molecule has 0 unspecified atom stereocenters. The summed E-state index contributed by atoms with van der Waals surface area (Å²) in [6.45, 7) is 2.00. The number of hydrogen-bond acceptors (Lipinski definition) is 4. The molecule has 0 aromatic rings. The molecule has 0 bridgehead atoms. The highest BCUT2D eigenvalue weighted by Crippen LogP contribution is 2.24. The van der Waals surface area contributed by atoms with Crippen LogP contribution in [0.5, 0.6) is 0 Å². The normalized spacial score (nSPS) is 20.5. The van der Waals surface area contributed by atoms with Crippen molar-refractivity contribution in [1.29, 1.82) is 0 Å². The summed E-state index contributed by atoms with van der Waals surface area (Å²) >= 11 is 0. The van der Waals surface area contributed by atoms with E-state index in [1.807, 2.05) is 0 Å². The molecule has 106 valence electrons. The Balaban J connectivity index is 2.86. The van der Waals surface area contributed by atoms with Gasteiger partial charge >= 0.3 is 12.1 Å². The fraction of sp³-hybridized carbons (Fsp3) is 0.583. The third-order valence-corrected chi connectivity index (χ3v) is 2.79. The lowest BCUT2D eigenvalue weighted by molar-refractivity contribution is -0.137. The van der Waals surface area contributed by atoms with Crippen molar-refractivity contribution in [1.82, 2.24) is 9.80 Å². The number of carbonyl (C=O) groups excluding carboxylic acids is 2. The summed E-state index contributed by atoms with van der Waals surface area (Å²) in [6.07, 6.45) is 0.317. The number of likely N-dealkylation sites (tertiary alicyclic amines) is 1. The molecule has 1 rings (SSSR count). The molecule has 0 aromatic heterocycles. The van der Waals surface area contributed by atoms with Gasteiger partial charge in [-0.25, -0.2) is 9.59 Å². The monoisotopic (exact) mass is 270 g/mol. The molecule has 1 atom stereocenters. The molecule has 0 radical (unpaired) electrons. The van der Waals surface area contributed by atoms with Crippen LogP contribution in [0.15, 0.2) is 11.6 Å². The van der Waals surface area contributed by atoms with Crippen LogP contribution < -0.4 is 0 Å². The minimum absolute atomic E-state index is 0.0540. The number of esters is 1. The Kier molecular flexibility index (Phi) is 4.91. The molecular weight excluding hydrogens is 252 g/mol. The lowest BCUT2D eigenvalue weighted by atomic mass is 10.1. The summed E-state index contributed by atoms with van der Waals surface area (Å²) in [5, 5.41) is 9.08. The van der Waals surface area contributed by atoms with Crippen molar-refractivity contribution in [3.63, 3.8) is 0 Å². The van der Waals surface area contributed by atoms with Crippen LogP contribution in [0.3, 0.4) is 0 Å². The third kappa shape index (κ3) is 3.70. The summed E-state index contributed by atoms with van der Waals surface area (Å²) < 4.78 is 4.77. The van der Waals surface area contributed by atoms with E-state index in [0.717, 1.165) is 4.90 Å². The fourth-order valence-corrected chi connectivity index (χ4v) is 1.93. The molecular formula is C12H18N2O5. The van der Waals surface area contributed by atoms with Crippen LogP contribution >= 0.6 is 0 Å². The first kappa shape index (κ1) is 15.0. The highest BCUT2D eigenvalue weighted by atomic mass is 16.5. The number of hydrogen-bond donors (Lipinski definition) is 1. The quantitative estimate of drug-likeness (QED) is 0.589. The van der Waals surface area contributed by atoms with Crippen molar-refractivity contribution in [2.75, 3.05) is 27.2 Å². The molecule has 0 aliphatic carbocycles. The Morgan fingerprint density at radius 1 is 1.47 bits per heavy atom. The van der Waals surface area contributed by atoms with Crippen LogP contribution in [0.25, 0.3) is 0 Å². The first-order valence-corrected chi connectivity index (χ1v) is 5.93. The van der Waals surface area contributed by atoms with Crippen LogP contribution in [0.1, 0.15) is 13.3 Å². The van der Waals surface area contributed by atoms with Crippen LogP contribution in [0.2, 0.25) is 0 Å². The largest absolute Gasteiger partial charge is 0.465 e. The Morgan fingerprint density at radius 3 is 2.58 bits per heavy atom. The van der Waals surface area contributed by atoms with Gasteiger partial charge in [-0.1, -0.05) is 0 Å². The summed E-state index contributed by atoms with van der Waals surface area (Å²) in [5.74, 6) is -0.810. The second kappa shape index (κ2) is 6.21. The third-order valence-electron chi connectivity index (χ3n) is 2.79. The molecule has 0 saturated carbocycles. The first-order valence-electron chi connectivity index (χ1n) is 5.93. The maximum atomic E-state index is 11.9. The van der Waals surface area contributed by atoms with E-state index in [9.17, 15) is 14.4 Å². The van der Waals surface area contributed by atoms with Gasteiger partial charge in [0.1, 0.15) is 6.04 Å². The van der Waals surface area contributed by atoms with Crippen LogP contribution in [0, 0.1) is 0 Å². The van der Waals surface area contributed by atoms with E-state index in [2.05, 4.69) is 0 Å². The van der Waals surface area contributed by atoms with Crippen LogP contribution in [-0.2, 0) is 14.3 Å². The van der Waals surface area contributed by atoms with E-state index < -0.39 is 18.1 Å². The summed E-state index contributed by atoms with van der Waals surface area (Å²) in [6, 6.07) is -0.770. The number of nitrogens with zero attached hydrogens (tertiary/aromatic N) is 2. The Labute approximate surface area is 111 Å². The van der Waals surface area contributed by atoms with Gasteiger partial charge in [0, 0.05) is 33.1 Å². The predicted molar refractivity (Wildman–Crippen MR) is 66.5 cm³/mol. The molecule has 1 N–H and O–H groups in total. The van der Waals surface area contributed by atoms with Gasteiger partial charge in [-0.05, 0) is 12.5 Å². The predicted octanol–water partition coefficient (Wildman–Crippen LogP) is 0.316. The van der Waals surface area contributed by atoms with E-state index in [1.54, 1.807) is 21.0 Å². The standard InChI is InChI=1S/C12H18N2O5/c1-4-19-10(15)6-8-5-9(11(16)13(2)3)14(7-8)12(17)18/h6,9H,4-5,7H2,1-3H3,(H,17,18)/b8-6+/t9-/m0/s1. The molecule has 1 aliphatic heterocycles. The number of carboxylic acid groups (broad SMARTS) is 1. The van der Waals surface area contributed by atoms with Gasteiger partial charge in [0.15, 0.2) is 0 Å². The molecule has 19 heavy (non-hydrogen) atoms. The smallest absolute Gasteiger partial charge is 0.408 e. The molecule has 1 heterocycles. The molecule has 1 saturated heterocycles. The maximum Gasteiger partial charge on any atom is 0.408 e. The number of ether oxygens (including phenoxy) is 1. The SMILES string of the molecule is CCOC(=O)/C=C1\C[C@@H](C(=O)N(C)C)N(C(=O)O)C1. The van der Waals surface area contributed by atoms with Crippen molar-refractivity contribution < 1.29 is 24.2 Å². The lowest BCUT2D eigenvalue weighted by Gasteiger charge is -2.22. The summed E-state index contributed by atoms with van der Waals surface area (Å²) in [5.41, 5.74) is 0.584. The molecule has 1 aliphatic rings. The second-order valence-corrected chi connectivity index (χ2v) is 4.42. The zero-order valence-corrected chi connectivity index (χ0v) is 11.3. The molecule has 0 aromatic carbocycles. The average molecular weight is 270 g/mol. The minimum Gasteiger partial charge on any atom is -0.465 e. The number of likely N-dealkylation sites (N-methyl/N-ethyl adjacent to an activating group) is 1. The highest BCUT2D eigenvalue weighted by molar-refractivity contribution is 5.88. The van der Waals surface area contributed by atoms with E-state index in [0.29, 0.717) is 5.57 Å². The molecule has 7 nitrogen and oxygen atoms in total. The van der Waals surface area contributed by atoms with Gasteiger partial charge in [-0.3, -0.25) is 9.69 Å². The Bertz CT molecular complexity index is 416. The fourth-order valence-electron chi connectivity index (χ4n) is 1.93. The molecule has 2 amide bonds. The van der Waals surface area contributed by atoms with Gasteiger partial charge in [-0.15, -0.1) is 0 Å². The van der Waals surface area contributed by atoms with Crippen molar-refractivity contribution in [2.24, 2.45) is 0 Å². The second-order valence-electron chi connectivity index (χ2n) is 4.42. The molecule has 1 fully saturated rings. The van der Waals surface area contributed by atoms with Crippen molar-refractivity contribution in [3.05, 3.63) is 11.6 Å². The van der Waals surface area contributed by atoms with Crippen molar-refractivity contribution in [2.45, 2.75) is 19.4 Å². The van der Waals surface area contributed by atoms with E-state index in [1.165, 1.54) is 11.0 Å². The maximum absolute atomic E-state index is 11.9. The van der Waals surface area contributed by atoms with E-state index >= 15 is 0 Å². The molecule has 7 heteroatoms. The summed E-state index contributed by atoms with van der Waals surface area (Å²) in [4.78, 5) is 36.7. The first-order chi connectivity index (χ1) is 8.86. The summed E-state index contributed by atoms with van der Waals surface area (Å²) in [7, 11) is 3.13. The highest BCUT2D eigenvalue weighted by Gasteiger charge is 2.37. The van der Waals surface area contributed by atoms with Crippen LogP contribution in [0.4, 0.5) is 4.79 Å². The van der Waals surface area contributed by atoms with Crippen molar-refractivity contribution in [3.8, 4) is 0 Å². The Morgan fingerprint density at radius 2 is 2.11 bits per heavy atom. The van der Waals surface area contributed by atoms with E-state index in [-0.39, 0.29) is 25.5 Å². The number of carbonyl (C=O) groups is 3. The van der Waals surface area contributed by atoms with Crippen LogP contribution in [-0.4, -0.2) is 66.2 Å². The minimum atomic E-state index is -1.17. The Hall–Kier alpha value is -2.05. The topological polar surface area (TPSA) is 87.2 Å². The van der Waals surface area contributed by atoms with Crippen molar-refractivity contribution >= 4 is 18.0 Å². The molecule has 0 spiro atoms. The van der Waals surface area contributed by atoms with Gasteiger partial charge in [-0.2, -0.15) is 0 Å². The van der Waals surface area contributed by atoms with Gasteiger partial charge in [0.25, 0.3) is 0 Å². The zero-order valence-electron chi connectivity index (χ0n) is 11.3. The number of amides is 2. The number of rotatable bonds is 3. The lowest BCUT2D eigenvalue weighted by Crippen LogP contribution is -2.44. The van der Waals surface area contributed by atoms with Gasteiger partial charge < -0.3 is 14.7 Å². The van der Waals surface area contributed by atoms with Gasteiger partial charge in [0.05, 0.1) is 6.61 Å². The van der Waals surface area contributed by atoms with E-state index in [4.69, 9.17) is 9.84 Å². The zero-order chi connectivity index (χ0) is 14.6.